The third-order valence-corrected chi connectivity index (χ3v) is 3.60. The zero-order valence-corrected chi connectivity index (χ0v) is 9.94. The number of hydrogen-bond donors (Lipinski definition) is 1. The monoisotopic (exact) mass is 228 g/mol. The standard InChI is InChI=1S/C14H16N2O/c1-9-2-3-10-4-5-11(7-12(10)6-9)14-13(15)8-17-16-14/h2-3,6,8,11H,4-5,7,15H2,1H3. The van der Waals surface area contributed by atoms with E-state index in [0.29, 0.717) is 11.6 Å². The van der Waals surface area contributed by atoms with Gasteiger partial charge in [0.25, 0.3) is 0 Å². The number of fused-ring (bicyclic) bond motifs is 1. The molecule has 3 heteroatoms. The lowest BCUT2D eigenvalue weighted by molar-refractivity contribution is 0.399. The summed E-state index contributed by atoms with van der Waals surface area (Å²) in [6.45, 7) is 2.13. The van der Waals surface area contributed by atoms with Crippen LogP contribution in [0.1, 0.15) is 34.7 Å². The lowest BCUT2D eigenvalue weighted by Crippen LogP contribution is -2.14. The van der Waals surface area contributed by atoms with Gasteiger partial charge in [-0.1, -0.05) is 28.9 Å². The minimum absolute atomic E-state index is 0.406. The molecule has 88 valence electrons. The van der Waals surface area contributed by atoms with Gasteiger partial charge in [0.15, 0.2) is 0 Å². The zero-order valence-electron chi connectivity index (χ0n) is 9.94. The van der Waals surface area contributed by atoms with Crippen LogP contribution >= 0.6 is 0 Å². The Balaban J connectivity index is 1.92. The molecule has 1 aliphatic rings. The van der Waals surface area contributed by atoms with Crippen molar-refractivity contribution in [1.82, 2.24) is 5.16 Å². The van der Waals surface area contributed by atoms with Gasteiger partial charge in [0.2, 0.25) is 0 Å². The first-order valence-electron chi connectivity index (χ1n) is 6.02. The molecule has 17 heavy (non-hydrogen) atoms. The molecule has 0 saturated heterocycles. The van der Waals surface area contributed by atoms with Gasteiger partial charge in [-0.15, -0.1) is 0 Å². The van der Waals surface area contributed by atoms with Gasteiger partial charge < -0.3 is 10.3 Å². The number of aromatic nitrogens is 1. The smallest absolute Gasteiger partial charge is 0.147 e. The number of nitrogens with zero attached hydrogens (tertiary/aromatic N) is 1. The number of benzene rings is 1. The fraction of sp³-hybridized carbons (Fsp3) is 0.357. The van der Waals surface area contributed by atoms with Crippen LogP contribution in [0.15, 0.2) is 29.0 Å². The Labute approximate surface area is 101 Å². The van der Waals surface area contributed by atoms with E-state index in [2.05, 4.69) is 30.3 Å². The van der Waals surface area contributed by atoms with Crippen LogP contribution in [0.5, 0.6) is 0 Å². The van der Waals surface area contributed by atoms with Crippen molar-refractivity contribution in [3.63, 3.8) is 0 Å². The Morgan fingerprint density at radius 1 is 1.35 bits per heavy atom. The van der Waals surface area contributed by atoms with Crippen molar-refractivity contribution in [3.8, 4) is 0 Å². The Bertz CT molecular complexity index is 545. The van der Waals surface area contributed by atoms with Crippen molar-refractivity contribution in [2.24, 2.45) is 0 Å². The predicted octanol–water partition coefficient (Wildman–Crippen LogP) is 2.84. The highest BCUT2D eigenvalue weighted by atomic mass is 16.5. The summed E-state index contributed by atoms with van der Waals surface area (Å²) < 4.78 is 4.94. The second-order valence-corrected chi connectivity index (χ2v) is 4.87. The van der Waals surface area contributed by atoms with Crippen molar-refractivity contribution >= 4 is 5.69 Å². The molecule has 0 spiro atoms. The number of hydrogen-bond acceptors (Lipinski definition) is 3. The molecule has 1 aliphatic carbocycles. The van der Waals surface area contributed by atoms with E-state index in [9.17, 15) is 0 Å². The highest BCUT2D eigenvalue weighted by Crippen LogP contribution is 2.34. The summed E-state index contributed by atoms with van der Waals surface area (Å²) in [5.74, 6) is 0.406. The summed E-state index contributed by atoms with van der Waals surface area (Å²) in [5.41, 5.74) is 11.7. The molecule has 2 N–H and O–H groups in total. The van der Waals surface area contributed by atoms with Gasteiger partial charge in [-0.25, -0.2) is 0 Å². The van der Waals surface area contributed by atoms with Crippen molar-refractivity contribution in [2.75, 3.05) is 5.73 Å². The molecule has 0 bridgehead atoms. The maximum Gasteiger partial charge on any atom is 0.147 e. The molecule has 1 aromatic carbocycles. The van der Waals surface area contributed by atoms with Crippen molar-refractivity contribution < 1.29 is 4.52 Å². The van der Waals surface area contributed by atoms with Crippen LogP contribution in [0.2, 0.25) is 0 Å². The number of nitrogen functional groups attached to an aromatic ring is 1. The van der Waals surface area contributed by atoms with Gasteiger partial charge in [-0.3, -0.25) is 0 Å². The van der Waals surface area contributed by atoms with Crippen molar-refractivity contribution in [3.05, 3.63) is 46.8 Å². The molecule has 3 rings (SSSR count). The second kappa shape index (κ2) is 3.91. The van der Waals surface area contributed by atoms with E-state index >= 15 is 0 Å². The molecule has 1 heterocycles. The van der Waals surface area contributed by atoms with Crippen molar-refractivity contribution in [1.29, 1.82) is 0 Å². The Kier molecular flexibility index (Phi) is 2.39. The molecule has 2 aromatic rings. The Morgan fingerprint density at radius 3 is 3.00 bits per heavy atom. The van der Waals surface area contributed by atoms with E-state index in [-0.39, 0.29) is 0 Å². The molecule has 0 aliphatic heterocycles. The fourth-order valence-corrected chi connectivity index (χ4v) is 2.68. The summed E-state index contributed by atoms with van der Waals surface area (Å²) in [5, 5.41) is 4.03. The van der Waals surface area contributed by atoms with Gasteiger partial charge in [0, 0.05) is 5.92 Å². The van der Waals surface area contributed by atoms with E-state index in [1.807, 2.05) is 0 Å². The highest BCUT2D eigenvalue weighted by molar-refractivity contribution is 5.44. The molecule has 0 saturated carbocycles. The van der Waals surface area contributed by atoms with Gasteiger partial charge in [0.1, 0.15) is 12.0 Å². The first-order chi connectivity index (χ1) is 8.24. The Morgan fingerprint density at radius 2 is 2.24 bits per heavy atom. The average Bonchev–Trinajstić information content (AvgIpc) is 2.74. The SMILES string of the molecule is Cc1ccc2c(c1)CC(c1nocc1N)CC2. The summed E-state index contributed by atoms with van der Waals surface area (Å²) >= 11 is 0. The van der Waals surface area contributed by atoms with E-state index in [1.165, 1.54) is 23.0 Å². The highest BCUT2D eigenvalue weighted by Gasteiger charge is 2.24. The molecule has 0 radical (unpaired) electrons. The average molecular weight is 228 g/mol. The maximum atomic E-state index is 5.87. The number of rotatable bonds is 1. The lowest BCUT2D eigenvalue weighted by Gasteiger charge is -2.23. The van der Waals surface area contributed by atoms with Crippen LogP contribution in [0.25, 0.3) is 0 Å². The fourth-order valence-electron chi connectivity index (χ4n) is 2.68. The predicted molar refractivity (Wildman–Crippen MR) is 66.9 cm³/mol. The molecule has 3 nitrogen and oxygen atoms in total. The van der Waals surface area contributed by atoms with Crippen LogP contribution in [0, 0.1) is 6.92 Å². The second-order valence-electron chi connectivity index (χ2n) is 4.87. The molecular weight excluding hydrogens is 212 g/mol. The Hall–Kier alpha value is -1.77. The summed E-state index contributed by atoms with van der Waals surface area (Å²) in [6, 6.07) is 6.70. The minimum Gasteiger partial charge on any atom is -0.395 e. The van der Waals surface area contributed by atoms with Gasteiger partial charge >= 0.3 is 0 Å². The number of anilines is 1. The van der Waals surface area contributed by atoms with Crippen LogP contribution in [0.4, 0.5) is 5.69 Å². The van der Waals surface area contributed by atoms with Gasteiger partial charge in [0.05, 0.1) is 5.69 Å². The lowest BCUT2D eigenvalue weighted by atomic mass is 9.81. The summed E-state index contributed by atoms with van der Waals surface area (Å²) in [7, 11) is 0. The number of nitrogens with two attached hydrogens (primary N) is 1. The largest absolute Gasteiger partial charge is 0.395 e. The van der Waals surface area contributed by atoms with Crippen LogP contribution in [-0.2, 0) is 12.8 Å². The minimum atomic E-state index is 0.406. The molecule has 0 fully saturated rings. The van der Waals surface area contributed by atoms with Crippen molar-refractivity contribution in [2.45, 2.75) is 32.1 Å². The topological polar surface area (TPSA) is 52.0 Å². The molecule has 1 aromatic heterocycles. The van der Waals surface area contributed by atoms with Gasteiger partial charge in [-0.2, -0.15) is 0 Å². The third kappa shape index (κ3) is 1.82. The summed E-state index contributed by atoms with van der Waals surface area (Å²) in [6.07, 6.45) is 4.76. The zero-order chi connectivity index (χ0) is 11.8. The first-order valence-corrected chi connectivity index (χ1v) is 6.02. The third-order valence-electron chi connectivity index (χ3n) is 3.60. The molecule has 1 unspecified atom stereocenters. The summed E-state index contributed by atoms with van der Waals surface area (Å²) in [4.78, 5) is 0. The van der Waals surface area contributed by atoms with Crippen LogP contribution in [-0.4, -0.2) is 5.16 Å². The van der Waals surface area contributed by atoms with E-state index in [4.69, 9.17) is 10.3 Å². The van der Waals surface area contributed by atoms with E-state index < -0.39 is 0 Å². The van der Waals surface area contributed by atoms with E-state index in [1.54, 1.807) is 0 Å². The molecule has 0 amide bonds. The molecular formula is C14H16N2O. The maximum absolute atomic E-state index is 5.87. The first kappa shape index (κ1) is 10.4. The van der Waals surface area contributed by atoms with Gasteiger partial charge in [-0.05, 0) is 37.3 Å². The quantitative estimate of drug-likeness (QED) is 0.816. The normalized spacial score (nSPS) is 19.0. The van der Waals surface area contributed by atoms with Crippen LogP contribution in [0.3, 0.4) is 0 Å². The van der Waals surface area contributed by atoms with E-state index in [0.717, 1.165) is 25.0 Å². The van der Waals surface area contributed by atoms with Crippen LogP contribution < -0.4 is 5.73 Å². The molecule has 1 atom stereocenters. The number of aryl methyl sites for hydroxylation is 2.